The Bertz CT molecular complexity index is 273. The molecule has 16 heavy (non-hydrogen) atoms. The van der Waals surface area contributed by atoms with E-state index in [-0.39, 0.29) is 22.3 Å². The second-order valence-electron chi connectivity index (χ2n) is 5.01. The van der Waals surface area contributed by atoms with Crippen LogP contribution in [0.1, 0.15) is 38.5 Å². The van der Waals surface area contributed by atoms with Gasteiger partial charge in [0.15, 0.2) is 0 Å². The third-order valence-corrected chi connectivity index (χ3v) is 4.84. The zero-order valence-corrected chi connectivity index (χ0v) is 10.6. The Labute approximate surface area is 106 Å². The van der Waals surface area contributed by atoms with Crippen molar-refractivity contribution in [1.82, 2.24) is 0 Å². The van der Waals surface area contributed by atoms with E-state index in [0.29, 0.717) is 11.8 Å². The summed E-state index contributed by atoms with van der Waals surface area (Å²) in [5.74, 6) is 0.499. The molecule has 0 N–H and O–H groups in total. The molecular weight excluding hydrogens is 247 g/mol. The first kappa shape index (κ1) is 12.4. The van der Waals surface area contributed by atoms with E-state index < -0.39 is 0 Å². The molecule has 0 aromatic heterocycles. The van der Waals surface area contributed by atoms with Crippen molar-refractivity contribution in [2.75, 3.05) is 0 Å². The van der Waals surface area contributed by atoms with Crippen molar-refractivity contribution >= 4 is 33.7 Å². The second kappa shape index (κ2) is 5.05. The van der Waals surface area contributed by atoms with Gasteiger partial charge in [-0.1, -0.05) is 12.8 Å². The van der Waals surface area contributed by atoms with Crippen LogP contribution in [0.5, 0.6) is 0 Å². The first-order valence-corrected chi connectivity index (χ1v) is 6.75. The Hall–Kier alpha value is -0.0800. The highest BCUT2D eigenvalue weighted by Gasteiger charge is 2.44. The lowest BCUT2D eigenvalue weighted by atomic mass is 9.61. The van der Waals surface area contributed by atoms with Crippen LogP contribution in [0.25, 0.3) is 0 Å². The molecule has 2 nitrogen and oxygen atoms in total. The molecule has 2 rings (SSSR count). The van der Waals surface area contributed by atoms with Gasteiger partial charge in [0.25, 0.3) is 0 Å². The summed E-state index contributed by atoms with van der Waals surface area (Å²) in [6, 6.07) is 0. The molecule has 2 aliphatic rings. The van der Waals surface area contributed by atoms with Gasteiger partial charge in [-0.15, -0.1) is 0 Å². The van der Waals surface area contributed by atoms with Gasteiger partial charge in [0.05, 0.1) is 0 Å². The minimum Gasteiger partial charge on any atom is -0.281 e. The molecule has 2 saturated carbocycles. The van der Waals surface area contributed by atoms with E-state index in [4.69, 9.17) is 23.2 Å². The van der Waals surface area contributed by atoms with Crippen LogP contribution in [0.2, 0.25) is 0 Å². The van der Waals surface area contributed by atoms with Gasteiger partial charge in [0, 0.05) is 11.8 Å². The molecule has 2 aliphatic carbocycles. The summed E-state index contributed by atoms with van der Waals surface area (Å²) in [6.07, 6.45) is 5.79. The Morgan fingerprint density at radius 2 is 1.12 bits per heavy atom. The predicted octanol–water partition coefficient (Wildman–Crippen LogP) is 3.35. The number of hydrogen-bond acceptors (Lipinski definition) is 2. The van der Waals surface area contributed by atoms with Crippen LogP contribution in [0.3, 0.4) is 0 Å². The molecule has 4 heteroatoms. The van der Waals surface area contributed by atoms with Crippen LogP contribution in [0.4, 0.5) is 0 Å². The van der Waals surface area contributed by atoms with Gasteiger partial charge in [-0.2, -0.15) is 0 Å². The SMILES string of the molecule is O=C(Cl)C1CCC(C(=O)Cl)C2CCCCC12. The van der Waals surface area contributed by atoms with Crippen molar-refractivity contribution in [2.24, 2.45) is 23.7 Å². The largest absolute Gasteiger partial charge is 0.281 e. The molecule has 0 bridgehead atoms. The van der Waals surface area contributed by atoms with Crippen LogP contribution >= 0.6 is 23.2 Å². The van der Waals surface area contributed by atoms with Crippen molar-refractivity contribution < 1.29 is 9.59 Å². The molecule has 0 radical (unpaired) electrons. The Kier molecular flexibility index (Phi) is 3.91. The first-order valence-electron chi connectivity index (χ1n) is 6.00. The van der Waals surface area contributed by atoms with Gasteiger partial charge in [0.2, 0.25) is 10.5 Å². The van der Waals surface area contributed by atoms with Gasteiger partial charge in [-0.05, 0) is 60.7 Å². The minimum atomic E-state index is -0.225. The van der Waals surface area contributed by atoms with E-state index in [9.17, 15) is 9.59 Å². The van der Waals surface area contributed by atoms with Gasteiger partial charge in [-0.25, -0.2) is 0 Å². The average Bonchev–Trinajstić information content (AvgIpc) is 2.27. The zero-order valence-electron chi connectivity index (χ0n) is 9.12. The summed E-state index contributed by atoms with van der Waals surface area (Å²) < 4.78 is 0. The van der Waals surface area contributed by atoms with E-state index in [0.717, 1.165) is 38.5 Å². The molecule has 4 unspecified atom stereocenters. The number of carbonyl (C=O) groups is 2. The molecule has 0 aliphatic heterocycles. The number of carbonyl (C=O) groups excluding carboxylic acids is 2. The number of hydrogen-bond donors (Lipinski definition) is 0. The number of fused-ring (bicyclic) bond motifs is 1. The maximum Gasteiger partial charge on any atom is 0.225 e. The maximum atomic E-state index is 11.4. The van der Waals surface area contributed by atoms with E-state index in [2.05, 4.69) is 0 Å². The fraction of sp³-hybridized carbons (Fsp3) is 0.833. The molecule has 0 spiro atoms. The van der Waals surface area contributed by atoms with Crippen molar-refractivity contribution in [3.05, 3.63) is 0 Å². The van der Waals surface area contributed by atoms with Crippen molar-refractivity contribution in [3.63, 3.8) is 0 Å². The third-order valence-electron chi connectivity index (χ3n) is 4.28. The summed E-state index contributed by atoms with van der Waals surface area (Å²) in [5.41, 5.74) is 0. The Morgan fingerprint density at radius 3 is 1.44 bits per heavy atom. The molecule has 2 fully saturated rings. The standard InChI is InChI=1S/C12H16Cl2O2/c13-11(15)9-5-6-10(12(14)16)8-4-2-1-3-7(8)9/h7-10H,1-6H2. The molecule has 90 valence electrons. The van der Waals surface area contributed by atoms with E-state index in [1.807, 2.05) is 0 Å². The summed E-state index contributed by atoms with van der Waals surface area (Å²) in [4.78, 5) is 22.8. The topological polar surface area (TPSA) is 34.1 Å². The summed E-state index contributed by atoms with van der Waals surface area (Å²) in [6.45, 7) is 0. The normalized spacial score (nSPS) is 38.9. The predicted molar refractivity (Wildman–Crippen MR) is 63.4 cm³/mol. The van der Waals surface area contributed by atoms with Crippen LogP contribution in [-0.4, -0.2) is 10.5 Å². The van der Waals surface area contributed by atoms with E-state index in [1.165, 1.54) is 0 Å². The van der Waals surface area contributed by atoms with Crippen LogP contribution < -0.4 is 0 Å². The quantitative estimate of drug-likeness (QED) is 0.716. The molecule has 0 heterocycles. The Balaban J connectivity index is 2.17. The second-order valence-corrected chi connectivity index (χ2v) is 5.76. The van der Waals surface area contributed by atoms with Crippen LogP contribution in [0.15, 0.2) is 0 Å². The van der Waals surface area contributed by atoms with E-state index in [1.54, 1.807) is 0 Å². The maximum absolute atomic E-state index is 11.4. The molecular formula is C12H16Cl2O2. The average molecular weight is 263 g/mol. The lowest BCUT2D eigenvalue weighted by Gasteiger charge is -2.43. The fourth-order valence-electron chi connectivity index (χ4n) is 3.54. The molecule has 4 atom stereocenters. The lowest BCUT2D eigenvalue weighted by molar-refractivity contribution is -0.126. The molecule has 0 aromatic carbocycles. The zero-order chi connectivity index (χ0) is 11.7. The fourth-order valence-corrected chi connectivity index (χ4v) is 4.08. The highest BCUT2D eigenvalue weighted by atomic mass is 35.5. The van der Waals surface area contributed by atoms with E-state index >= 15 is 0 Å². The van der Waals surface area contributed by atoms with Crippen LogP contribution in [-0.2, 0) is 9.59 Å². The first-order chi connectivity index (χ1) is 7.61. The number of rotatable bonds is 2. The summed E-state index contributed by atoms with van der Waals surface area (Å²) in [7, 11) is 0. The third kappa shape index (κ3) is 2.28. The van der Waals surface area contributed by atoms with Gasteiger partial charge >= 0.3 is 0 Å². The van der Waals surface area contributed by atoms with Crippen molar-refractivity contribution in [2.45, 2.75) is 38.5 Å². The Morgan fingerprint density at radius 1 is 0.750 bits per heavy atom. The lowest BCUT2D eigenvalue weighted by Crippen LogP contribution is -2.41. The molecule has 0 saturated heterocycles. The van der Waals surface area contributed by atoms with Crippen LogP contribution in [0, 0.1) is 23.7 Å². The summed E-state index contributed by atoms with van der Waals surface area (Å²) >= 11 is 11.3. The molecule has 0 amide bonds. The number of halogens is 2. The van der Waals surface area contributed by atoms with Crippen molar-refractivity contribution in [1.29, 1.82) is 0 Å². The van der Waals surface area contributed by atoms with Gasteiger partial charge in [0.1, 0.15) is 0 Å². The summed E-state index contributed by atoms with van der Waals surface area (Å²) in [5, 5.41) is -0.449. The molecule has 0 aromatic rings. The highest BCUT2D eigenvalue weighted by molar-refractivity contribution is 6.64. The smallest absolute Gasteiger partial charge is 0.225 e. The van der Waals surface area contributed by atoms with Crippen molar-refractivity contribution in [3.8, 4) is 0 Å². The van der Waals surface area contributed by atoms with Gasteiger partial charge in [-0.3, -0.25) is 9.59 Å². The monoisotopic (exact) mass is 262 g/mol. The highest BCUT2D eigenvalue weighted by Crippen LogP contribution is 2.48. The minimum absolute atomic E-state index is 0.0424. The van der Waals surface area contributed by atoms with Gasteiger partial charge < -0.3 is 0 Å².